The second kappa shape index (κ2) is 8.43. The molecule has 166 valence electrons. The average molecular weight is 443 g/mol. The predicted molar refractivity (Wildman–Crippen MR) is 124 cm³/mol. The highest BCUT2D eigenvalue weighted by atomic mass is 19.1. The van der Waals surface area contributed by atoms with Crippen LogP contribution in [0.5, 0.6) is 5.88 Å². The van der Waals surface area contributed by atoms with E-state index in [-0.39, 0.29) is 17.0 Å². The van der Waals surface area contributed by atoms with Crippen LogP contribution in [0.3, 0.4) is 0 Å². The van der Waals surface area contributed by atoms with E-state index in [1.54, 1.807) is 6.07 Å². The number of rotatable bonds is 5. The zero-order chi connectivity index (χ0) is 22.9. The van der Waals surface area contributed by atoms with Crippen LogP contribution in [0.15, 0.2) is 94.5 Å². The number of nitrogens with two attached hydrogens (primary N) is 1. The first-order valence-electron chi connectivity index (χ1n) is 10.7. The van der Waals surface area contributed by atoms with E-state index in [9.17, 15) is 14.0 Å². The summed E-state index contributed by atoms with van der Waals surface area (Å²) in [7, 11) is 0. The van der Waals surface area contributed by atoms with Crippen LogP contribution in [0.2, 0.25) is 0 Å². The van der Waals surface area contributed by atoms with E-state index >= 15 is 0 Å². The van der Waals surface area contributed by atoms with Crippen molar-refractivity contribution >= 4 is 0 Å². The summed E-state index contributed by atoms with van der Waals surface area (Å²) in [6.07, 6.45) is 0.840. The Morgan fingerprint density at radius 1 is 0.879 bits per heavy atom. The number of halogens is 1. The van der Waals surface area contributed by atoms with Crippen molar-refractivity contribution in [2.75, 3.05) is 5.84 Å². The maximum atomic E-state index is 14.7. The number of nitrogen functional groups attached to an aromatic ring is 1. The molecule has 3 aromatic carbocycles. The van der Waals surface area contributed by atoms with Crippen LogP contribution >= 0.6 is 0 Å². The van der Waals surface area contributed by atoms with Gasteiger partial charge < -0.3 is 10.6 Å². The molecule has 33 heavy (non-hydrogen) atoms. The third kappa shape index (κ3) is 3.61. The number of aryl methyl sites for hydroxylation is 1. The minimum Gasteiger partial charge on any atom is -0.472 e. The molecule has 0 amide bonds. The highest BCUT2D eigenvalue weighted by molar-refractivity contribution is 5.69. The molecule has 0 saturated heterocycles. The highest BCUT2D eigenvalue weighted by Crippen LogP contribution is 2.40. The Kier molecular flexibility index (Phi) is 5.30. The standard InChI is InChI=1S/C26H22FN3O3/c27-20-14-8-7-13-19(20)22-24(31)30(28)26(32)29-23(18-11-5-2-6-12-18)21(33-25(22)29)16-15-17-9-3-1-4-10-17/h1-14,21,23H,15-16,28H2/t21-,23?/m1/s1. The molecule has 1 aliphatic rings. The van der Waals surface area contributed by atoms with Gasteiger partial charge in [-0.1, -0.05) is 78.9 Å². The molecule has 2 atom stereocenters. The van der Waals surface area contributed by atoms with Crippen LogP contribution in [0.25, 0.3) is 11.1 Å². The van der Waals surface area contributed by atoms with Gasteiger partial charge in [-0.2, -0.15) is 4.68 Å². The summed E-state index contributed by atoms with van der Waals surface area (Å²) >= 11 is 0. The lowest BCUT2D eigenvalue weighted by atomic mass is 9.96. The molecule has 4 aromatic rings. The van der Waals surface area contributed by atoms with Crippen molar-refractivity contribution in [1.29, 1.82) is 0 Å². The highest BCUT2D eigenvalue weighted by Gasteiger charge is 2.40. The van der Waals surface area contributed by atoms with Gasteiger partial charge >= 0.3 is 5.69 Å². The quantitative estimate of drug-likeness (QED) is 0.479. The molecule has 1 aliphatic heterocycles. The van der Waals surface area contributed by atoms with Gasteiger partial charge in [-0.05, 0) is 30.0 Å². The van der Waals surface area contributed by atoms with Crippen LogP contribution in [-0.4, -0.2) is 15.3 Å². The summed E-state index contributed by atoms with van der Waals surface area (Å²) < 4.78 is 22.9. The number of hydrogen-bond donors (Lipinski definition) is 1. The maximum Gasteiger partial charge on any atom is 0.353 e. The molecule has 0 aliphatic carbocycles. The first-order valence-corrected chi connectivity index (χ1v) is 10.7. The van der Waals surface area contributed by atoms with Crippen LogP contribution in [0, 0.1) is 5.82 Å². The second-order valence-electron chi connectivity index (χ2n) is 8.02. The summed E-state index contributed by atoms with van der Waals surface area (Å²) in [5.74, 6) is 5.34. The minimum atomic E-state index is -0.799. The Bertz CT molecular complexity index is 1410. The fourth-order valence-electron chi connectivity index (χ4n) is 4.44. The topological polar surface area (TPSA) is 79.2 Å². The zero-order valence-corrected chi connectivity index (χ0v) is 17.7. The normalized spacial score (nSPS) is 16.9. The molecule has 2 heterocycles. The average Bonchev–Trinajstić information content (AvgIpc) is 3.23. The Balaban J connectivity index is 1.69. The Hall–Kier alpha value is -4.13. The summed E-state index contributed by atoms with van der Waals surface area (Å²) in [5, 5.41) is 0. The smallest absolute Gasteiger partial charge is 0.353 e. The molecular weight excluding hydrogens is 421 g/mol. The van der Waals surface area contributed by atoms with Crippen molar-refractivity contribution in [3.63, 3.8) is 0 Å². The van der Waals surface area contributed by atoms with Gasteiger partial charge in [-0.3, -0.25) is 9.36 Å². The van der Waals surface area contributed by atoms with E-state index in [4.69, 9.17) is 10.6 Å². The molecule has 5 rings (SSSR count). The van der Waals surface area contributed by atoms with Crippen LogP contribution in [0.4, 0.5) is 4.39 Å². The first kappa shape index (κ1) is 20.8. The molecule has 0 saturated carbocycles. The molecule has 7 heteroatoms. The fourth-order valence-corrected chi connectivity index (χ4v) is 4.44. The molecular formula is C26H22FN3O3. The van der Waals surface area contributed by atoms with Gasteiger partial charge in [0.05, 0.1) is 0 Å². The lowest BCUT2D eigenvalue weighted by molar-refractivity contribution is 0.203. The van der Waals surface area contributed by atoms with Crippen LogP contribution in [-0.2, 0) is 6.42 Å². The summed E-state index contributed by atoms with van der Waals surface area (Å²) in [6.45, 7) is 0. The Morgan fingerprint density at radius 3 is 2.21 bits per heavy atom. The van der Waals surface area contributed by atoms with Gasteiger partial charge in [-0.25, -0.2) is 9.18 Å². The fraction of sp³-hybridized carbons (Fsp3) is 0.154. The molecule has 0 radical (unpaired) electrons. The molecule has 6 nitrogen and oxygen atoms in total. The van der Waals surface area contributed by atoms with Crippen molar-refractivity contribution in [3.8, 4) is 17.0 Å². The molecule has 0 fully saturated rings. The Morgan fingerprint density at radius 2 is 1.52 bits per heavy atom. The van der Waals surface area contributed by atoms with Gasteiger partial charge in [0.2, 0.25) is 5.88 Å². The van der Waals surface area contributed by atoms with Crippen molar-refractivity contribution < 1.29 is 9.13 Å². The summed E-state index contributed by atoms with van der Waals surface area (Å²) in [4.78, 5) is 26.2. The lowest BCUT2D eigenvalue weighted by Gasteiger charge is -2.19. The van der Waals surface area contributed by atoms with Crippen LogP contribution in [0.1, 0.15) is 23.6 Å². The molecule has 1 unspecified atom stereocenters. The third-order valence-corrected chi connectivity index (χ3v) is 6.02. The van der Waals surface area contributed by atoms with E-state index < -0.39 is 29.2 Å². The largest absolute Gasteiger partial charge is 0.472 e. The van der Waals surface area contributed by atoms with E-state index in [0.29, 0.717) is 17.5 Å². The summed E-state index contributed by atoms with van der Waals surface area (Å²) in [6, 6.07) is 24.8. The number of hydrogen-bond acceptors (Lipinski definition) is 4. The zero-order valence-electron chi connectivity index (χ0n) is 17.7. The molecule has 1 aromatic heterocycles. The second-order valence-corrected chi connectivity index (χ2v) is 8.02. The molecule has 0 spiro atoms. The number of aromatic nitrogens is 2. The van der Waals surface area contributed by atoms with Gasteiger partial charge in [0, 0.05) is 5.56 Å². The maximum absolute atomic E-state index is 14.7. The van der Waals surface area contributed by atoms with Crippen molar-refractivity contribution in [1.82, 2.24) is 9.24 Å². The van der Waals surface area contributed by atoms with Crippen LogP contribution < -0.4 is 21.8 Å². The number of ether oxygens (including phenoxy) is 1. The number of benzene rings is 3. The SMILES string of the molecule is Nn1c(=O)c(-c2ccccc2F)c2n(c1=O)C(c1ccccc1)[C@@H](CCc1ccccc1)O2. The van der Waals surface area contributed by atoms with E-state index in [2.05, 4.69) is 0 Å². The van der Waals surface area contributed by atoms with E-state index in [1.165, 1.54) is 22.8 Å². The monoisotopic (exact) mass is 443 g/mol. The first-order chi connectivity index (χ1) is 16.1. The summed E-state index contributed by atoms with van der Waals surface area (Å²) in [5.41, 5.74) is 0.454. The van der Waals surface area contributed by atoms with Gasteiger partial charge in [0.15, 0.2) is 0 Å². The van der Waals surface area contributed by atoms with Gasteiger partial charge in [-0.15, -0.1) is 0 Å². The van der Waals surface area contributed by atoms with Crippen molar-refractivity contribution in [2.45, 2.75) is 25.0 Å². The van der Waals surface area contributed by atoms with Gasteiger partial charge in [0.25, 0.3) is 5.56 Å². The Labute approximate surface area is 189 Å². The number of fused-ring (bicyclic) bond motifs is 1. The van der Waals surface area contributed by atoms with Crippen molar-refractivity contribution in [2.24, 2.45) is 0 Å². The predicted octanol–water partition coefficient (Wildman–Crippen LogP) is 3.51. The van der Waals surface area contributed by atoms with Gasteiger partial charge in [0.1, 0.15) is 23.5 Å². The van der Waals surface area contributed by atoms with Crippen molar-refractivity contribution in [3.05, 3.63) is 123 Å². The minimum absolute atomic E-state index is 0.0426. The van der Waals surface area contributed by atoms with E-state index in [1.807, 2.05) is 60.7 Å². The van der Waals surface area contributed by atoms with E-state index in [0.717, 1.165) is 11.1 Å². The lowest BCUT2D eigenvalue weighted by Crippen LogP contribution is -2.45. The third-order valence-electron chi connectivity index (χ3n) is 6.02. The molecule has 0 bridgehead atoms. The number of nitrogens with zero attached hydrogens (tertiary/aromatic N) is 2. The molecule has 2 N–H and O–H groups in total.